The Bertz CT molecular complexity index is 1510. The molecule has 0 amide bonds. The maximum Gasteiger partial charge on any atom is 0.177 e. The Hall–Kier alpha value is -2.89. The van der Waals surface area contributed by atoms with Crippen LogP contribution in [-0.2, 0) is 12.8 Å². The molecule has 2 aromatic heterocycles. The predicted molar refractivity (Wildman–Crippen MR) is 126 cm³/mol. The minimum atomic E-state index is -0.115. The van der Waals surface area contributed by atoms with Crippen LogP contribution in [0.4, 0.5) is 4.39 Å². The lowest BCUT2D eigenvalue weighted by atomic mass is 9.79. The Morgan fingerprint density at radius 1 is 0.710 bits per heavy atom. The highest BCUT2D eigenvalue weighted by Crippen LogP contribution is 2.56. The molecule has 0 N–H and O–H groups in total. The summed E-state index contributed by atoms with van der Waals surface area (Å²) in [5, 5.41) is 2.18. The van der Waals surface area contributed by atoms with Gasteiger partial charge in [-0.1, -0.05) is 30.3 Å². The Kier molecular flexibility index (Phi) is 3.75. The van der Waals surface area contributed by atoms with Crippen LogP contribution in [0.1, 0.15) is 10.4 Å². The molecular weight excluding hydrogens is 427 g/mol. The van der Waals surface area contributed by atoms with Gasteiger partial charge in [-0.2, -0.15) is 4.39 Å². The quantitative estimate of drug-likeness (QED) is 0.282. The third-order valence-corrected chi connectivity index (χ3v) is 8.38. The van der Waals surface area contributed by atoms with Gasteiger partial charge in [0.05, 0.1) is 0 Å². The van der Waals surface area contributed by atoms with E-state index in [1.807, 2.05) is 23.5 Å². The first kappa shape index (κ1) is 17.8. The fraction of sp³-hybridized carbons (Fsp3) is 0.154. The number of hydrogen-bond donors (Lipinski definition) is 0. The van der Waals surface area contributed by atoms with Gasteiger partial charge in [0.15, 0.2) is 16.6 Å². The lowest BCUT2D eigenvalue weighted by Gasteiger charge is -2.25. The molecule has 1 aliphatic carbocycles. The molecule has 5 heteroatoms. The first-order valence-electron chi connectivity index (χ1n) is 10.4. The highest BCUT2D eigenvalue weighted by molar-refractivity contribution is 7.20. The summed E-state index contributed by atoms with van der Waals surface area (Å²) in [5.74, 6) is 1.70. The van der Waals surface area contributed by atoms with Crippen LogP contribution in [0.25, 0.3) is 42.4 Å². The van der Waals surface area contributed by atoms with E-state index in [-0.39, 0.29) is 5.13 Å². The van der Waals surface area contributed by atoms with Crippen LogP contribution in [0, 0.1) is 5.13 Å². The number of aryl methyl sites for hydroxylation is 2. The molecule has 3 heterocycles. The van der Waals surface area contributed by atoms with E-state index in [9.17, 15) is 4.39 Å². The summed E-state index contributed by atoms with van der Waals surface area (Å²) in [7, 11) is 0. The molecular formula is C26H17FO2S2. The molecule has 3 aromatic carbocycles. The summed E-state index contributed by atoms with van der Waals surface area (Å²) >= 11 is 3.14. The molecule has 1 aliphatic heterocycles. The number of ether oxygens (including phenoxy) is 2. The van der Waals surface area contributed by atoms with Crippen molar-refractivity contribution in [2.24, 2.45) is 0 Å². The molecule has 0 bridgehead atoms. The van der Waals surface area contributed by atoms with Crippen molar-refractivity contribution in [1.29, 1.82) is 0 Å². The fourth-order valence-electron chi connectivity index (χ4n) is 4.75. The van der Waals surface area contributed by atoms with Crippen molar-refractivity contribution in [3.05, 3.63) is 70.2 Å². The number of rotatable bonds is 3. The van der Waals surface area contributed by atoms with Crippen LogP contribution in [0.2, 0.25) is 0 Å². The Balaban J connectivity index is 1.21. The fourth-order valence-corrected chi connectivity index (χ4v) is 6.92. The molecule has 0 saturated heterocycles. The first-order valence-corrected chi connectivity index (χ1v) is 12.0. The van der Waals surface area contributed by atoms with Crippen LogP contribution in [0.3, 0.4) is 0 Å². The van der Waals surface area contributed by atoms with Crippen LogP contribution >= 0.6 is 22.7 Å². The van der Waals surface area contributed by atoms with Crippen molar-refractivity contribution in [1.82, 2.24) is 0 Å². The largest absolute Gasteiger partial charge is 0.486 e. The lowest BCUT2D eigenvalue weighted by Crippen LogP contribution is -2.15. The summed E-state index contributed by atoms with van der Waals surface area (Å²) in [4.78, 5) is 1.38. The van der Waals surface area contributed by atoms with E-state index in [2.05, 4.69) is 36.4 Å². The second-order valence-electron chi connectivity index (χ2n) is 8.05. The van der Waals surface area contributed by atoms with E-state index in [1.54, 1.807) is 6.07 Å². The third-order valence-electron chi connectivity index (χ3n) is 6.20. The van der Waals surface area contributed by atoms with Crippen LogP contribution in [0.15, 0.2) is 54.6 Å². The predicted octanol–water partition coefficient (Wildman–Crippen LogP) is 7.46. The zero-order valence-electron chi connectivity index (χ0n) is 16.5. The van der Waals surface area contributed by atoms with E-state index in [0.717, 1.165) is 34.4 Å². The van der Waals surface area contributed by atoms with Gasteiger partial charge in [0, 0.05) is 25.4 Å². The highest BCUT2D eigenvalue weighted by atomic mass is 32.1. The molecule has 0 saturated carbocycles. The average Bonchev–Trinajstić information content (AvgIpc) is 3.35. The highest BCUT2D eigenvalue weighted by Gasteiger charge is 2.28. The van der Waals surface area contributed by atoms with Gasteiger partial charge in [0.1, 0.15) is 13.2 Å². The standard InChI is InChI=1S/C26H17FO2S2/c27-22-13-16-4-7-19-23-18(24(19)26(16)31-22)6-3-15-12-17(30-25(15)23)5-1-14-2-8-20-21(11-14)29-10-9-28-20/h2-4,6-8,11-13H,1,5,9-10H2. The molecule has 152 valence electrons. The van der Waals surface area contributed by atoms with Crippen LogP contribution in [0.5, 0.6) is 11.5 Å². The van der Waals surface area contributed by atoms with E-state index < -0.39 is 0 Å². The number of fused-ring (bicyclic) bond motifs is 9. The summed E-state index contributed by atoms with van der Waals surface area (Å²) in [6, 6.07) is 18.8. The summed E-state index contributed by atoms with van der Waals surface area (Å²) < 4.78 is 27.6. The third kappa shape index (κ3) is 2.66. The molecule has 0 radical (unpaired) electrons. The molecule has 0 unspecified atom stereocenters. The Morgan fingerprint density at radius 3 is 2.23 bits per heavy atom. The molecule has 0 fully saturated rings. The second-order valence-corrected chi connectivity index (χ2v) is 10.2. The first-order chi connectivity index (χ1) is 15.2. The van der Waals surface area contributed by atoms with Crippen molar-refractivity contribution in [3.8, 4) is 33.8 Å². The Morgan fingerprint density at radius 2 is 1.42 bits per heavy atom. The van der Waals surface area contributed by atoms with Crippen LogP contribution < -0.4 is 9.47 Å². The van der Waals surface area contributed by atoms with Gasteiger partial charge >= 0.3 is 0 Å². The van der Waals surface area contributed by atoms with Gasteiger partial charge in [-0.25, -0.2) is 0 Å². The summed E-state index contributed by atoms with van der Waals surface area (Å²) in [5.41, 5.74) is 6.33. The lowest BCUT2D eigenvalue weighted by molar-refractivity contribution is 0.171. The van der Waals surface area contributed by atoms with E-state index in [4.69, 9.17) is 9.47 Å². The molecule has 5 aromatic rings. The van der Waals surface area contributed by atoms with Gasteiger partial charge in [0.25, 0.3) is 0 Å². The van der Waals surface area contributed by atoms with E-state index in [0.29, 0.717) is 13.2 Å². The average molecular weight is 445 g/mol. The van der Waals surface area contributed by atoms with Gasteiger partial charge in [-0.3, -0.25) is 0 Å². The number of halogens is 1. The minimum absolute atomic E-state index is 0.115. The molecule has 2 nitrogen and oxygen atoms in total. The summed E-state index contributed by atoms with van der Waals surface area (Å²) in [6.07, 6.45) is 1.97. The zero-order valence-corrected chi connectivity index (χ0v) is 18.2. The molecule has 31 heavy (non-hydrogen) atoms. The van der Waals surface area contributed by atoms with Gasteiger partial charge in [0.2, 0.25) is 0 Å². The zero-order chi connectivity index (χ0) is 20.5. The second kappa shape index (κ2) is 6.55. The maximum atomic E-state index is 13.8. The SMILES string of the molecule is Fc1cc2ccc3c(c2s1)-c1ccc2cc(CCc4ccc5c(c4)OCCO5)sc2c1-3. The van der Waals surface area contributed by atoms with E-state index >= 15 is 0 Å². The molecule has 0 spiro atoms. The van der Waals surface area contributed by atoms with Crippen LogP contribution in [-0.4, -0.2) is 13.2 Å². The Labute approximate surface area is 186 Å². The normalized spacial score (nSPS) is 13.8. The van der Waals surface area contributed by atoms with Crippen molar-refractivity contribution in [2.45, 2.75) is 12.8 Å². The summed E-state index contributed by atoms with van der Waals surface area (Å²) in [6.45, 7) is 1.23. The van der Waals surface area contributed by atoms with Crippen molar-refractivity contribution < 1.29 is 13.9 Å². The van der Waals surface area contributed by atoms with Gasteiger partial charge in [-0.15, -0.1) is 22.7 Å². The monoisotopic (exact) mass is 444 g/mol. The molecule has 0 atom stereocenters. The van der Waals surface area contributed by atoms with Crippen molar-refractivity contribution in [2.75, 3.05) is 13.2 Å². The van der Waals surface area contributed by atoms with Crippen molar-refractivity contribution in [3.63, 3.8) is 0 Å². The topological polar surface area (TPSA) is 18.5 Å². The van der Waals surface area contributed by atoms with E-state index in [1.165, 1.54) is 54.1 Å². The number of benzene rings is 3. The number of thiophene rings is 2. The molecule has 7 rings (SSSR count). The smallest absolute Gasteiger partial charge is 0.177 e. The van der Waals surface area contributed by atoms with Crippen molar-refractivity contribution >= 4 is 42.8 Å². The minimum Gasteiger partial charge on any atom is -0.486 e. The maximum absolute atomic E-state index is 13.8. The van der Waals surface area contributed by atoms with Gasteiger partial charge in [-0.05, 0) is 64.6 Å². The molecule has 2 aliphatic rings. The number of hydrogen-bond acceptors (Lipinski definition) is 4. The van der Waals surface area contributed by atoms with Gasteiger partial charge < -0.3 is 9.47 Å².